The molecule has 0 amide bonds. The Morgan fingerprint density at radius 2 is 1.17 bits per heavy atom. The normalized spacial score (nSPS) is 12.8. The molecule has 0 aliphatic carbocycles. The van der Waals surface area contributed by atoms with Crippen molar-refractivity contribution >= 4 is 55.9 Å². The van der Waals surface area contributed by atoms with Gasteiger partial charge >= 0.3 is 0 Å². The number of hydrogen-bond donors (Lipinski definition) is 0. The summed E-state index contributed by atoms with van der Waals surface area (Å²) in [7, 11) is 0. The highest BCUT2D eigenvalue weighted by atomic mass is 15.4. The van der Waals surface area contributed by atoms with E-state index in [4.69, 9.17) is 4.98 Å². The van der Waals surface area contributed by atoms with Gasteiger partial charge in [-0.05, 0) is 96.6 Å². The molecule has 1 aliphatic heterocycles. The van der Waals surface area contributed by atoms with Gasteiger partial charge in [-0.3, -0.25) is 4.57 Å². The van der Waals surface area contributed by atoms with Gasteiger partial charge in [-0.25, -0.2) is 4.98 Å². The van der Waals surface area contributed by atoms with Crippen molar-refractivity contribution in [3.63, 3.8) is 0 Å². The van der Waals surface area contributed by atoms with Crippen LogP contribution in [0.2, 0.25) is 0 Å². The Hall–Kier alpha value is -7.11. The standard InChI is InChI=1S/C55H49N5/c1-38(2)57-37-58(51-29-15-14-28-50(51)57)42-22-16-23-43(35-42)59(54-45(39-18-8-6-9-19-39)25-17-26-46(54)40-20-10-7-11-21-40)44-30-31-48-47-24-12-13-27-49(47)60(52(48)36-44)53-34-41(32-33-56-53)55(3,4)5/h6-36,38H,37H2,1-5H3. The summed E-state index contributed by atoms with van der Waals surface area (Å²) in [6.45, 7) is 12.1. The van der Waals surface area contributed by atoms with Crippen molar-refractivity contribution in [2.75, 3.05) is 21.4 Å². The van der Waals surface area contributed by atoms with E-state index in [-0.39, 0.29) is 5.41 Å². The number of fused-ring (bicyclic) bond motifs is 4. The van der Waals surface area contributed by atoms with Crippen LogP contribution < -0.4 is 14.7 Å². The predicted octanol–water partition coefficient (Wildman–Crippen LogP) is 14.6. The lowest BCUT2D eigenvalue weighted by Crippen LogP contribution is -2.33. The summed E-state index contributed by atoms with van der Waals surface area (Å²) in [6.07, 6.45) is 1.96. The summed E-state index contributed by atoms with van der Waals surface area (Å²) in [5.74, 6) is 0.913. The molecule has 0 spiro atoms. The van der Waals surface area contributed by atoms with Crippen molar-refractivity contribution < 1.29 is 0 Å². The Morgan fingerprint density at radius 1 is 0.550 bits per heavy atom. The second kappa shape index (κ2) is 14.9. The third-order valence-electron chi connectivity index (χ3n) is 12.0. The molecule has 5 nitrogen and oxygen atoms in total. The Bertz CT molecular complexity index is 2940. The fraction of sp³-hybridized carbons (Fsp3) is 0.145. The SMILES string of the molecule is CC(C)N1CN(c2cccc(N(c3ccc4c5ccccc5n(-c5cc(C(C)(C)C)ccn5)c4c3)c3c(-c4ccccc4)cccc3-c3ccccc3)c2)c2ccccc21. The zero-order chi connectivity index (χ0) is 41.0. The second-order valence-corrected chi connectivity index (χ2v) is 17.1. The zero-order valence-corrected chi connectivity index (χ0v) is 34.9. The van der Waals surface area contributed by atoms with Gasteiger partial charge in [0.15, 0.2) is 0 Å². The minimum absolute atomic E-state index is 0.0273. The van der Waals surface area contributed by atoms with Crippen LogP contribution in [-0.2, 0) is 5.41 Å². The van der Waals surface area contributed by atoms with Crippen LogP contribution in [0.1, 0.15) is 40.2 Å². The highest BCUT2D eigenvalue weighted by Crippen LogP contribution is 2.49. The van der Waals surface area contributed by atoms with Crippen LogP contribution in [0.4, 0.5) is 34.1 Å². The van der Waals surface area contributed by atoms with Gasteiger partial charge in [0, 0.05) is 51.2 Å². The summed E-state index contributed by atoms with van der Waals surface area (Å²) in [5, 5.41) is 2.39. The maximum atomic E-state index is 5.03. The highest BCUT2D eigenvalue weighted by Gasteiger charge is 2.30. The molecule has 3 heterocycles. The van der Waals surface area contributed by atoms with Gasteiger partial charge in [-0.2, -0.15) is 0 Å². The Morgan fingerprint density at radius 3 is 1.87 bits per heavy atom. The average molecular weight is 780 g/mol. The third kappa shape index (κ3) is 6.47. The van der Waals surface area contributed by atoms with Gasteiger partial charge in [0.1, 0.15) is 5.82 Å². The molecule has 0 fully saturated rings. The number of para-hydroxylation sites is 4. The van der Waals surface area contributed by atoms with E-state index in [2.05, 4.69) is 236 Å². The topological polar surface area (TPSA) is 27.5 Å². The van der Waals surface area contributed by atoms with Crippen LogP contribution >= 0.6 is 0 Å². The van der Waals surface area contributed by atoms with Crippen molar-refractivity contribution in [2.45, 2.75) is 46.1 Å². The van der Waals surface area contributed by atoms with Crippen LogP contribution in [-0.4, -0.2) is 22.3 Å². The molecule has 0 N–H and O–H groups in total. The minimum atomic E-state index is -0.0273. The Balaban J connectivity index is 1.26. The van der Waals surface area contributed by atoms with Gasteiger partial charge in [-0.1, -0.05) is 142 Å². The van der Waals surface area contributed by atoms with E-state index in [0.29, 0.717) is 6.04 Å². The number of anilines is 6. The lowest BCUT2D eigenvalue weighted by Gasteiger charge is -2.32. The molecule has 1 aliphatic rings. The van der Waals surface area contributed by atoms with Crippen LogP contribution in [0.25, 0.3) is 49.9 Å². The van der Waals surface area contributed by atoms with E-state index < -0.39 is 0 Å². The molecule has 0 saturated carbocycles. The van der Waals surface area contributed by atoms with E-state index in [1.54, 1.807) is 0 Å². The molecule has 0 bridgehead atoms. The molecule has 0 atom stereocenters. The first-order valence-corrected chi connectivity index (χ1v) is 21.0. The molecule has 2 aromatic heterocycles. The summed E-state index contributed by atoms with van der Waals surface area (Å²) in [5.41, 5.74) is 15.0. The second-order valence-electron chi connectivity index (χ2n) is 17.1. The van der Waals surface area contributed by atoms with E-state index >= 15 is 0 Å². The Kier molecular flexibility index (Phi) is 9.25. The fourth-order valence-corrected chi connectivity index (χ4v) is 8.95. The lowest BCUT2D eigenvalue weighted by atomic mass is 9.88. The summed E-state index contributed by atoms with van der Waals surface area (Å²) in [6, 6.07) is 66.6. The zero-order valence-electron chi connectivity index (χ0n) is 34.9. The number of nitrogens with zero attached hydrogens (tertiary/aromatic N) is 5. The first-order valence-electron chi connectivity index (χ1n) is 21.0. The predicted molar refractivity (Wildman–Crippen MR) is 254 cm³/mol. The molecular formula is C55H49N5. The molecule has 7 aromatic carbocycles. The van der Waals surface area contributed by atoms with Crippen molar-refractivity contribution in [1.82, 2.24) is 9.55 Å². The number of pyridine rings is 1. The lowest BCUT2D eigenvalue weighted by molar-refractivity contribution is 0.588. The van der Waals surface area contributed by atoms with Gasteiger partial charge in [-0.15, -0.1) is 0 Å². The first-order chi connectivity index (χ1) is 29.2. The maximum absolute atomic E-state index is 5.03. The van der Waals surface area contributed by atoms with Gasteiger partial charge < -0.3 is 14.7 Å². The van der Waals surface area contributed by atoms with Crippen molar-refractivity contribution in [2.24, 2.45) is 0 Å². The highest BCUT2D eigenvalue weighted by molar-refractivity contribution is 6.11. The fourth-order valence-electron chi connectivity index (χ4n) is 8.95. The van der Waals surface area contributed by atoms with Gasteiger partial charge in [0.25, 0.3) is 0 Å². The molecule has 0 radical (unpaired) electrons. The summed E-state index contributed by atoms with van der Waals surface area (Å²) >= 11 is 0. The van der Waals surface area contributed by atoms with Crippen molar-refractivity contribution in [3.05, 3.63) is 194 Å². The smallest absolute Gasteiger partial charge is 0.137 e. The molecule has 294 valence electrons. The molecule has 10 rings (SSSR count). The number of benzene rings is 7. The quantitative estimate of drug-likeness (QED) is 0.154. The molecular weight excluding hydrogens is 731 g/mol. The van der Waals surface area contributed by atoms with Gasteiger partial charge in [0.05, 0.1) is 34.8 Å². The van der Waals surface area contributed by atoms with Crippen molar-refractivity contribution in [1.29, 1.82) is 0 Å². The van der Waals surface area contributed by atoms with Crippen LogP contribution in [0.3, 0.4) is 0 Å². The van der Waals surface area contributed by atoms with Crippen LogP contribution in [0, 0.1) is 0 Å². The monoisotopic (exact) mass is 779 g/mol. The maximum Gasteiger partial charge on any atom is 0.137 e. The third-order valence-corrected chi connectivity index (χ3v) is 12.0. The minimum Gasteiger partial charge on any atom is -0.349 e. The molecule has 60 heavy (non-hydrogen) atoms. The van der Waals surface area contributed by atoms with E-state index in [1.807, 2.05) is 6.20 Å². The van der Waals surface area contributed by atoms with Crippen LogP contribution in [0.15, 0.2) is 188 Å². The number of aromatic nitrogens is 2. The van der Waals surface area contributed by atoms with Crippen LogP contribution in [0.5, 0.6) is 0 Å². The average Bonchev–Trinajstić information content (AvgIpc) is 3.84. The van der Waals surface area contributed by atoms with E-state index in [1.165, 1.54) is 27.7 Å². The number of rotatable bonds is 8. The molecule has 5 heteroatoms. The molecule has 0 unspecified atom stereocenters. The van der Waals surface area contributed by atoms with E-state index in [0.717, 1.165) is 68.5 Å². The summed E-state index contributed by atoms with van der Waals surface area (Å²) in [4.78, 5) is 12.4. The molecule has 9 aromatic rings. The van der Waals surface area contributed by atoms with E-state index in [9.17, 15) is 0 Å². The Labute approximate surface area is 353 Å². The first kappa shape index (κ1) is 37.2. The summed E-state index contributed by atoms with van der Waals surface area (Å²) < 4.78 is 2.35. The van der Waals surface area contributed by atoms with Crippen molar-refractivity contribution in [3.8, 4) is 28.1 Å². The van der Waals surface area contributed by atoms with Gasteiger partial charge in [0.2, 0.25) is 0 Å². The molecule has 0 saturated heterocycles. The number of hydrogen-bond acceptors (Lipinski definition) is 4. The largest absolute Gasteiger partial charge is 0.349 e.